The summed E-state index contributed by atoms with van der Waals surface area (Å²) < 4.78 is 7.64. The lowest BCUT2D eigenvalue weighted by molar-refractivity contribution is 0.0816. The van der Waals surface area contributed by atoms with Crippen molar-refractivity contribution in [2.45, 2.75) is 38.1 Å². The maximum absolute atomic E-state index is 12.7. The summed E-state index contributed by atoms with van der Waals surface area (Å²) in [6, 6.07) is 9.89. The molecule has 2 aliphatic rings. The number of hydrogen-bond acceptors (Lipinski definition) is 5. The number of imidazole rings is 1. The molecule has 27 heavy (non-hydrogen) atoms. The first kappa shape index (κ1) is 17.4. The van der Waals surface area contributed by atoms with E-state index in [9.17, 15) is 4.79 Å². The van der Waals surface area contributed by atoms with Crippen molar-refractivity contribution in [3.05, 3.63) is 41.7 Å². The zero-order valence-corrected chi connectivity index (χ0v) is 15.0. The SMILES string of the molecule is C#CCCC1(CCNC(=O)c2nc(-c3ccccc3)n3c2COCC3)N=N1. The lowest BCUT2D eigenvalue weighted by atomic mass is 10.0. The Hall–Kier alpha value is -2.98. The summed E-state index contributed by atoms with van der Waals surface area (Å²) in [5.41, 5.74) is 1.84. The molecule has 0 bridgehead atoms. The van der Waals surface area contributed by atoms with Crippen LogP contribution >= 0.6 is 0 Å². The number of carbonyl (C=O) groups is 1. The van der Waals surface area contributed by atoms with Gasteiger partial charge in [-0.3, -0.25) is 4.79 Å². The molecular formula is C20H21N5O2. The molecule has 0 spiro atoms. The van der Waals surface area contributed by atoms with Crippen molar-refractivity contribution in [2.75, 3.05) is 13.2 Å². The number of aromatic nitrogens is 2. The molecule has 1 N–H and O–H groups in total. The number of hydrogen-bond donors (Lipinski definition) is 1. The summed E-state index contributed by atoms with van der Waals surface area (Å²) >= 11 is 0. The minimum absolute atomic E-state index is 0.195. The van der Waals surface area contributed by atoms with Crippen molar-refractivity contribution in [3.8, 4) is 23.7 Å². The third-order valence-corrected chi connectivity index (χ3v) is 4.88. The summed E-state index contributed by atoms with van der Waals surface area (Å²) in [5, 5.41) is 11.1. The first-order chi connectivity index (χ1) is 13.2. The van der Waals surface area contributed by atoms with E-state index in [4.69, 9.17) is 11.2 Å². The van der Waals surface area contributed by atoms with Gasteiger partial charge in [0.15, 0.2) is 11.4 Å². The van der Waals surface area contributed by atoms with Crippen LogP contribution in [0.15, 0.2) is 40.6 Å². The van der Waals surface area contributed by atoms with E-state index in [0.29, 0.717) is 44.8 Å². The monoisotopic (exact) mass is 363 g/mol. The average Bonchev–Trinajstić information content (AvgIpc) is 3.37. The normalized spacial score (nSPS) is 16.4. The Morgan fingerprint density at radius 1 is 1.30 bits per heavy atom. The van der Waals surface area contributed by atoms with E-state index in [1.807, 2.05) is 30.3 Å². The number of benzene rings is 1. The van der Waals surface area contributed by atoms with Gasteiger partial charge in [-0.15, -0.1) is 12.3 Å². The third-order valence-electron chi connectivity index (χ3n) is 4.88. The van der Waals surface area contributed by atoms with Crippen LogP contribution in [0.1, 0.15) is 35.4 Å². The van der Waals surface area contributed by atoms with Gasteiger partial charge in [-0.25, -0.2) is 4.98 Å². The molecule has 0 fully saturated rings. The predicted molar refractivity (Wildman–Crippen MR) is 99.9 cm³/mol. The standard InChI is InChI=1S/C20H21N5O2/c1-2-3-9-20(23-24-20)10-11-21-19(26)17-16-14-27-13-12-25(16)18(22-17)15-7-5-4-6-8-15/h1,4-8H,3,9-14H2,(H,21,26). The fraction of sp³-hybridized carbons (Fsp3) is 0.400. The van der Waals surface area contributed by atoms with E-state index < -0.39 is 5.66 Å². The lowest BCUT2D eigenvalue weighted by Gasteiger charge is -2.18. The molecular weight excluding hydrogens is 342 g/mol. The molecule has 138 valence electrons. The molecule has 0 unspecified atom stereocenters. The van der Waals surface area contributed by atoms with E-state index >= 15 is 0 Å². The molecule has 1 aromatic carbocycles. The smallest absolute Gasteiger partial charge is 0.271 e. The zero-order chi connectivity index (χ0) is 18.7. The summed E-state index contributed by atoms with van der Waals surface area (Å²) in [6.07, 6.45) is 7.32. The van der Waals surface area contributed by atoms with Crippen LogP contribution in [-0.4, -0.2) is 34.3 Å². The predicted octanol–water partition coefficient (Wildman–Crippen LogP) is 2.78. The van der Waals surface area contributed by atoms with E-state index in [-0.39, 0.29) is 5.91 Å². The molecule has 1 aromatic heterocycles. The number of fused-ring (bicyclic) bond motifs is 1. The fourth-order valence-corrected chi connectivity index (χ4v) is 3.32. The second-order valence-corrected chi connectivity index (χ2v) is 6.69. The van der Waals surface area contributed by atoms with Crippen LogP contribution in [0, 0.1) is 12.3 Å². The van der Waals surface area contributed by atoms with E-state index in [1.54, 1.807) is 0 Å². The summed E-state index contributed by atoms with van der Waals surface area (Å²) in [7, 11) is 0. The molecule has 7 nitrogen and oxygen atoms in total. The van der Waals surface area contributed by atoms with Gasteiger partial charge < -0.3 is 14.6 Å². The maximum atomic E-state index is 12.7. The third kappa shape index (κ3) is 3.62. The second-order valence-electron chi connectivity index (χ2n) is 6.69. The lowest BCUT2D eigenvalue weighted by Crippen LogP contribution is -2.30. The molecule has 1 amide bonds. The Morgan fingerprint density at radius 3 is 2.85 bits per heavy atom. The second kappa shape index (κ2) is 7.33. The summed E-state index contributed by atoms with van der Waals surface area (Å²) in [6.45, 7) is 2.17. The van der Waals surface area contributed by atoms with Gasteiger partial charge in [-0.05, 0) is 0 Å². The topological polar surface area (TPSA) is 80.9 Å². The van der Waals surface area contributed by atoms with Crippen LogP contribution in [-0.2, 0) is 17.9 Å². The Labute approximate surface area is 157 Å². The van der Waals surface area contributed by atoms with E-state index in [2.05, 4.69) is 31.0 Å². The van der Waals surface area contributed by atoms with Crippen molar-refractivity contribution < 1.29 is 9.53 Å². The van der Waals surface area contributed by atoms with Gasteiger partial charge in [-0.2, -0.15) is 10.2 Å². The van der Waals surface area contributed by atoms with Crippen molar-refractivity contribution >= 4 is 5.91 Å². The quantitative estimate of drug-likeness (QED) is 0.768. The van der Waals surface area contributed by atoms with Crippen molar-refractivity contribution in [1.82, 2.24) is 14.9 Å². The zero-order valence-electron chi connectivity index (χ0n) is 15.0. The van der Waals surface area contributed by atoms with Gasteiger partial charge >= 0.3 is 0 Å². The summed E-state index contributed by atoms with van der Waals surface area (Å²) in [5.74, 6) is 3.21. The Bertz CT molecular complexity index is 904. The highest BCUT2D eigenvalue weighted by molar-refractivity contribution is 5.94. The average molecular weight is 363 g/mol. The van der Waals surface area contributed by atoms with Crippen molar-refractivity contribution in [1.29, 1.82) is 0 Å². The molecule has 0 atom stereocenters. The number of nitrogens with zero attached hydrogens (tertiary/aromatic N) is 4. The number of rotatable bonds is 7. The molecule has 0 aliphatic carbocycles. The Kier molecular flexibility index (Phi) is 4.73. The maximum Gasteiger partial charge on any atom is 0.271 e. The van der Waals surface area contributed by atoms with Gasteiger partial charge in [0.25, 0.3) is 5.91 Å². The van der Waals surface area contributed by atoms with Crippen LogP contribution in [0.4, 0.5) is 0 Å². The first-order valence-corrected chi connectivity index (χ1v) is 9.11. The van der Waals surface area contributed by atoms with E-state index in [1.165, 1.54) is 0 Å². The Balaban J connectivity index is 1.48. The van der Waals surface area contributed by atoms with Crippen LogP contribution in [0.25, 0.3) is 11.4 Å². The van der Waals surface area contributed by atoms with E-state index in [0.717, 1.165) is 23.5 Å². The van der Waals surface area contributed by atoms with Crippen LogP contribution in [0.2, 0.25) is 0 Å². The highest BCUT2D eigenvalue weighted by Gasteiger charge is 2.38. The molecule has 0 saturated carbocycles. The fourth-order valence-electron chi connectivity index (χ4n) is 3.32. The van der Waals surface area contributed by atoms with Crippen LogP contribution < -0.4 is 5.32 Å². The van der Waals surface area contributed by atoms with Crippen molar-refractivity contribution in [3.63, 3.8) is 0 Å². The van der Waals surface area contributed by atoms with Gasteiger partial charge in [0, 0.05) is 37.9 Å². The van der Waals surface area contributed by atoms with Gasteiger partial charge in [-0.1, -0.05) is 30.3 Å². The summed E-state index contributed by atoms with van der Waals surface area (Å²) in [4.78, 5) is 17.4. The molecule has 7 heteroatoms. The minimum atomic E-state index is -0.397. The van der Waals surface area contributed by atoms with Gasteiger partial charge in [0.2, 0.25) is 0 Å². The largest absolute Gasteiger partial charge is 0.373 e. The minimum Gasteiger partial charge on any atom is -0.373 e. The highest BCUT2D eigenvalue weighted by atomic mass is 16.5. The number of carbonyl (C=O) groups excluding carboxylic acids is 1. The molecule has 2 aliphatic heterocycles. The Morgan fingerprint density at radius 2 is 2.11 bits per heavy atom. The molecule has 0 radical (unpaired) electrons. The van der Waals surface area contributed by atoms with Crippen LogP contribution in [0.5, 0.6) is 0 Å². The highest BCUT2D eigenvalue weighted by Crippen LogP contribution is 2.36. The number of ether oxygens (including phenoxy) is 1. The molecule has 0 saturated heterocycles. The van der Waals surface area contributed by atoms with Gasteiger partial charge in [0.05, 0.1) is 18.9 Å². The van der Waals surface area contributed by atoms with Crippen LogP contribution in [0.3, 0.4) is 0 Å². The molecule has 4 rings (SSSR count). The van der Waals surface area contributed by atoms with Crippen molar-refractivity contribution in [2.24, 2.45) is 10.2 Å². The van der Waals surface area contributed by atoms with Gasteiger partial charge in [0.1, 0.15) is 5.82 Å². The molecule has 2 aromatic rings. The number of amides is 1. The number of nitrogens with one attached hydrogen (secondary N) is 1. The molecule has 3 heterocycles. The first-order valence-electron chi connectivity index (χ1n) is 9.11. The number of terminal acetylenes is 1.